The summed E-state index contributed by atoms with van der Waals surface area (Å²) in [5.41, 5.74) is 0.353. The first-order valence-corrected chi connectivity index (χ1v) is 32.3. The molecule has 2 aliphatic rings. The number of fused-ring (bicyclic) bond motifs is 6. The molecule has 0 saturated heterocycles. The van der Waals surface area contributed by atoms with Gasteiger partial charge in [0.05, 0.1) is 36.6 Å². The molecule has 7 N–H and O–H groups in total. The first-order chi connectivity index (χ1) is 35.8. The fraction of sp³-hybridized carbons (Fsp3) is 0.239. The summed E-state index contributed by atoms with van der Waals surface area (Å²) < 4.78 is 202. The summed E-state index contributed by atoms with van der Waals surface area (Å²) >= 11 is 0.495. The Morgan fingerprint density at radius 1 is 0.756 bits per heavy atom. The fourth-order valence-electron chi connectivity index (χ4n) is 9.79. The number of hydrogen-bond donors (Lipinski definition) is 6. The molecule has 78 heavy (non-hydrogen) atoms. The van der Waals surface area contributed by atoms with Crippen LogP contribution in [0.4, 0.5) is 16.5 Å². The van der Waals surface area contributed by atoms with Crippen LogP contribution in [-0.2, 0) is 71.4 Å². The Hall–Kier alpha value is -6.27. The Bertz CT molecular complexity index is 4440. The zero-order chi connectivity index (χ0) is 57.7. The van der Waals surface area contributed by atoms with Gasteiger partial charge in [-0.25, -0.2) is 22.0 Å². The predicted molar refractivity (Wildman–Crippen MR) is 284 cm³/mol. The van der Waals surface area contributed by atoms with E-state index in [1.165, 1.54) is 36.5 Å². The number of amides is 1. The van der Waals surface area contributed by atoms with Crippen molar-refractivity contribution >= 4 is 127 Å². The van der Waals surface area contributed by atoms with E-state index in [1.807, 2.05) is 4.90 Å². The van der Waals surface area contributed by atoms with Crippen molar-refractivity contribution in [3.8, 4) is 0 Å². The Labute approximate surface area is 451 Å². The van der Waals surface area contributed by atoms with Crippen LogP contribution in [0.15, 0.2) is 121 Å². The molecule has 25 nitrogen and oxygen atoms in total. The van der Waals surface area contributed by atoms with Gasteiger partial charge < -0.3 is 9.45 Å². The monoisotopic (exact) mass is 1210 g/mol. The second-order valence-electron chi connectivity index (χ2n) is 18.8. The Morgan fingerprint density at radius 3 is 1.83 bits per heavy atom. The van der Waals surface area contributed by atoms with E-state index in [4.69, 9.17) is 5.14 Å². The standard InChI is InChI=1S/C46H45N7O18S7/c1-6-52-34-14-11-29-31(20-27(75(60,61)62)22-36(29)77(66,67)68)40(34)45(2,3)38(52)16-9-25(33-13-8-26(24-48-33)42(54)49-43-50-51-44(72-43)74(47,58)59)10-17-39-46(4,5)41-32-21-28(76(63,64)65)23-37(78(69,70)71)30(32)12-15-35(41)53(39)18-7-19-73(55,56)57/h8-17,20-24H,6-7,18-19H2,1-5H3,(H7-,47,49,50,54,55,56,57,58,59,60,61,62,63,64,65,66,67,68,69,70,71). The second-order valence-corrected chi connectivity index (χ2v) is 28.7. The van der Waals surface area contributed by atoms with Gasteiger partial charge in [0.2, 0.25) is 15.2 Å². The molecule has 0 unspecified atom stereocenters. The van der Waals surface area contributed by atoms with Crippen LogP contribution in [0, 0.1) is 0 Å². The average Bonchev–Trinajstić information content (AvgIpc) is 4.18. The van der Waals surface area contributed by atoms with Gasteiger partial charge in [-0.15, -0.1) is 10.2 Å². The van der Waals surface area contributed by atoms with Crippen LogP contribution in [0.25, 0.3) is 27.1 Å². The van der Waals surface area contributed by atoms with Crippen LogP contribution in [0.2, 0.25) is 0 Å². The molecule has 0 saturated carbocycles. The number of benzene rings is 4. The number of anilines is 2. The van der Waals surface area contributed by atoms with E-state index in [2.05, 4.69) is 20.5 Å². The maximum atomic E-state index is 13.4. The van der Waals surface area contributed by atoms with Crippen LogP contribution in [-0.4, -0.2) is 123 Å². The summed E-state index contributed by atoms with van der Waals surface area (Å²) in [5.74, 6) is -1.59. The zero-order valence-electron chi connectivity index (χ0n) is 41.2. The average molecular weight is 1210 g/mol. The maximum absolute atomic E-state index is 13.4. The topological polar surface area (TPSA) is 409 Å². The number of pyridine rings is 1. The lowest BCUT2D eigenvalue weighted by Crippen LogP contribution is -2.28. The molecule has 6 aromatic rings. The summed E-state index contributed by atoms with van der Waals surface area (Å²) in [4.78, 5) is 16.5. The van der Waals surface area contributed by atoms with Crippen LogP contribution < -0.4 is 15.4 Å². The maximum Gasteiger partial charge on any atom is 0.295 e. The van der Waals surface area contributed by atoms with Crippen molar-refractivity contribution in [2.45, 2.75) is 75.8 Å². The number of nitrogens with zero attached hydrogens (tertiary/aromatic N) is 5. The lowest BCUT2D eigenvalue weighted by atomic mass is 9.79. The Morgan fingerprint density at radius 2 is 1.33 bits per heavy atom. The second kappa shape index (κ2) is 19.8. The molecule has 414 valence electrons. The molecule has 2 aliphatic heterocycles. The van der Waals surface area contributed by atoms with Crippen molar-refractivity contribution < 1.29 is 82.6 Å². The van der Waals surface area contributed by atoms with Gasteiger partial charge in [0, 0.05) is 75.8 Å². The first kappa shape index (κ1) is 57.9. The third kappa shape index (κ3) is 11.2. The molecule has 0 fully saturated rings. The van der Waals surface area contributed by atoms with Crippen LogP contribution >= 0.6 is 11.3 Å². The minimum Gasteiger partial charge on any atom is -0.748 e. The summed E-state index contributed by atoms with van der Waals surface area (Å²) in [6.07, 6.45) is 7.40. The highest BCUT2D eigenvalue weighted by molar-refractivity contribution is 7.91. The predicted octanol–water partition coefficient (Wildman–Crippen LogP) is 4.78. The highest BCUT2D eigenvalue weighted by atomic mass is 32.3. The van der Waals surface area contributed by atoms with E-state index in [9.17, 15) is 78.1 Å². The molecular weight excluding hydrogens is 1160 g/mol. The molecule has 0 spiro atoms. The smallest absolute Gasteiger partial charge is 0.295 e. The highest BCUT2D eigenvalue weighted by Crippen LogP contribution is 2.52. The summed E-state index contributed by atoms with van der Waals surface area (Å²) in [5, 5.41) is 14.3. The van der Waals surface area contributed by atoms with Crippen molar-refractivity contribution in [1.82, 2.24) is 15.2 Å². The van der Waals surface area contributed by atoms with E-state index in [0.717, 1.165) is 12.1 Å². The molecule has 4 heterocycles. The van der Waals surface area contributed by atoms with E-state index in [-0.39, 0.29) is 68.6 Å². The van der Waals surface area contributed by atoms with Crippen LogP contribution in [0.3, 0.4) is 0 Å². The number of allylic oxidation sites excluding steroid dienone is 6. The molecule has 0 atom stereocenters. The number of sulfonamides is 1. The molecular formula is C46H45N7O18S7. The molecule has 0 bridgehead atoms. The number of carbonyl (C=O) groups is 1. The van der Waals surface area contributed by atoms with Crippen molar-refractivity contribution in [2.24, 2.45) is 5.14 Å². The van der Waals surface area contributed by atoms with Crippen molar-refractivity contribution in [2.75, 3.05) is 29.1 Å². The highest BCUT2D eigenvalue weighted by Gasteiger charge is 2.47. The summed E-state index contributed by atoms with van der Waals surface area (Å²) in [7, 11) is -29.3. The number of hydrogen-bond acceptors (Lipinski definition) is 19. The molecule has 0 radical (unpaired) electrons. The van der Waals surface area contributed by atoms with Crippen LogP contribution in [0.1, 0.15) is 68.2 Å². The van der Waals surface area contributed by atoms with E-state index in [0.29, 0.717) is 51.8 Å². The largest absolute Gasteiger partial charge is 0.748 e. The number of likely N-dealkylation sites (N-methyl/N-ethyl adjacent to an activating group) is 1. The van der Waals surface area contributed by atoms with Gasteiger partial charge in [-0.1, -0.05) is 37.3 Å². The fourth-order valence-corrected chi connectivity index (χ4v) is 14.3. The third-order valence-electron chi connectivity index (χ3n) is 13.1. The minimum atomic E-state index is -5.14. The van der Waals surface area contributed by atoms with Crippen molar-refractivity contribution in [3.05, 3.63) is 119 Å². The van der Waals surface area contributed by atoms with Gasteiger partial charge >= 0.3 is 0 Å². The van der Waals surface area contributed by atoms with Crippen molar-refractivity contribution in [3.63, 3.8) is 0 Å². The Balaban J connectivity index is 1.33. The van der Waals surface area contributed by atoms with Gasteiger partial charge in [0.25, 0.3) is 56.4 Å². The number of aromatic nitrogens is 3. The van der Waals surface area contributed by atoms with E-state index in [1.54, 1.807) is 69.6 Å². The normalized spacial score (nSPS) is 16.7. The Kier molecular flexibility index (Phi) is 14.7. The van der Waals surface area contributed by atoms with Gasteiger partial charge in [-0.05, 0) is 97.8 Å². The van der Waals surface area contributed by atoms with E-state index < -0.39 is 107 Å². The summed E-state index contributed by atoms with van der Waals surface area (Å²) in [6, 6.07) is 11.9. The molecule has 2 aromatic heterocycles. The molecule has 4 aromatic carbocycles. The number of nitrogens with two attached hydrogens (primary N) is 1. The first-order valence-electron chi connectivity index (χ1n) is 22.6. The van der Waals surface area contributed by atoms with Crippen LogP contribution in [0.5, 0.6) is 0 Å². The lowest BCUT2D eigenvalue weighted by molar-refractivity contribution is -0.437. The SMILES string of the molecule is CCN1/C(=C/C=C(/C=C/C2=[N+](CCCS(=O)(=O)[O-])c3ccc4c(S(=O)(=O)O)cc(S(=O)(=O)O)cc4c3C2(C)C)c2ccc(C(=O)Nc3nnc(S(N)(=O)=O)s3)cn2)C(C)(C)c2c1ccc1c(S(=O)(=O)O)cc(S(=O)(=O)O)cc21. The number of rotatable bonds is 16. The molecule has 1 amide bonds. The number of nitrogens with one attached hydrogen (secondary N) is 1. The van der Waals surface area contributed by atoms with Gasteiger partial charge in [0.15, 0.2) is 5.71 Å². The molecule has 32 heteroatoms. The van der Waals surface area contributed by atoms with Crippen molar-refractivity contribution in [1.29, 1.82) is 0 Å². The lowest BCUT2D eigenvalue weighted by Gasteiger charge is -2.26. The molecule has 8 rings (SSSR count). The molecule has 0 aliphatic carbocycles. The third-order valence-corrected chi connectivity index (χ3v) is 19.5. The number of primary sulfonamides is 1. The quantitative estimate of drug-likeness (QED) is 0.0328. The van der Waals surface area contributed by atoms with Gasteiger partial charge in [-0.3, -0.25) is 33.3 Å². The minimum absolute atomic E-state index is 0.0422. The van der Waals surface area contributed by atoms with E-state index >= 15 is 0 Å². The van der Waals surface area contributed by atoms with Gasteiger partial charge in [0.1, 0.15) is 16.3 Å². The number of carbonyl (C=O) groups excluding carboxylic acids is 1. The summed E-state index contributed by atoms with van der Waals surface area (Å²) in [6.45, 7) is 8.79. The zero-order valence-corrected chi connectivity index (χ0v) is 46.9. The van der Waals surface area contributed by atoms with Gasteiger partial charge in [-0.2, -0.15) is 38.2 Å².